The lowest BCUT2D eigenvalue weighted by atomic mass is 9.80. The van der Waals surface area contributed by atoms with Crippen LogP contribution in [-0.4, -0.2) is 46.3 Å². The van der Waals surface area contributed by atoms with E-state index in [1.54, 1.807) is 0 Å². The molecule has 1 aliphatic carbocycles. The molecule has 2 fully saturated rings. The molecule has 0 bridgehead atoms. The zero-order chi connectivity index (χ0) is 23.3. The fourth-order valence-corrected chi connectivity index (χ4v) is 5.49. The molecular weight excluding hydrogens is 426 g/mol. The first-order valence-corrected chi connectivity index (χ1v) is 12.5. The van der Waals surface area contributed by atoms with Gasteiger partial charge >= 0.3 is 0 Å². The average molecular weight is 460 g/mol. The van der Waals surface area contributed by atoms with E-state index in [1.807, 2.05) is 41.3 Å². The molecule has 3 unspecified atom stereocenters. The monoisotopic (exact) mass is 459 g/mol. The Morgan fingerprint density at radius 1 is 0.971 bits per heavy atom. The summed E-state index contributed by atoms with van der Waals surface area (Å²) in [5.74, 6) is 1.15. The lowest BCUT2D eigenvalue weighted by Crippen LogP contribution is -2.67. The van der Waals surface area contributed by atoms with E-state index in [2.05, 4.69) is 45.0 Å². The van der Waals surface area contributed by atoms with Crippen molar-refractivity contribution in [2.24, 2.45) is 11.0 Å². The van der Waals surface area contributed by atoms with Crippen molar-refractivity contribution in [3.63, 3.8) is 0 Å². The van der Waals surface area contributed by atoms with Gasteiger partial charge in [0.05, 0.1) is 5.92 Å². The van der Waals surface area contributed by atoms with Gasteiger partial charge in [-0.05, 0) is 30.4 Å². The molecule has 178 valence electrons. The third-order valence-corrected chi connectivity index (χ3v) is 7.20. The lowest BCUT2D eigenvalue weighted by Gasteiger charge is -2.50. The number of hydrogen-bond donors (Lipinski definition) is 2. The molecule has 34 heavy (non-hydrogen) atoms. The van der Waals surface area contributed by atoms with Gasteiger partial charge in [0.15, 0.2) is 6.29 Å². The summed E-state index contributed by atoms with van der Waals surface area (Å²) in [6.45, 7) is 1.18. The molecule has 2 aromatic carbocycles. The summed E-state index contributed by atoms with van der Waals surface area (Å²) < 4.78 is 0. The van der Waals surface area contributed by atoms with Crippen molar-refractivity contribution in [1.82, 2.24) is 20.5 Å². The minimum atomic E-state index is -0.275. The summed E-state index contributed by atoms with van der Waals surface area (Å²) in [6.07, 6.45) is 5.64. The Labute approximate surface area is 201 Å². The van der Waals surface area contributed by atoms with Crippen LogP contribution in [0, 0.1) is 5.92 Å². The van der Waals surface area contributed by atoms with Crippen LogP contribution in [0.25, 0.3) is 0 Å². The van der Waals surface area contributed by atoms with Gasteiger partial charge in [-0.15, -0.1) is 0 Å². The molecule has 2 aliphatic heterocycles. The molecule has 5 rings (SSSR count). The van der Waals surface area contributed by atoms with Crippen LogP contribution in [0.3, 0.4) is 0 Å². The van der Waals surface area contributed by atoms with Crippen molar-refractivity contribution < 1.29 is 9.59 Å². The number of rotatable bonds is 8. The maximum Gasteiger partial charge on any atom is 0.231 e. The highest BCUT2D eigenvalue weighted by Gasteiger charge is 2.50. The molecule has 0 spiro atoms. The van der Waals surface area contributed by atoms with Crippen molar-refractivity contribution in [2.45, 2.75) is 63.8 Å². The Morgan fingerprint density at radius 3 is 2.44 bits per heavy atom. The zero-order valence-electron chi connectivity index (χ0n) is 19.5. The minimum absolute atomic E-state index is 0.00138. The molecule has 2 aromatic rings. The molecule has 1 saturated heterocycles. The maximum atomic E-state index is 13.5. The molecule has 2 heterocycles. The molecule has 0 aromatic heterocycles. The number of hydrogen-bond acceptors (Lipinski definition) is 5. The van der Waals surface area contributed by atoms with E-state index in [-0.39, 0.29) is 30.1 Å². The highest BCUT2D eigenvalue weighted by atomic mass is 16.2. The van der Waals surface area contributed by atoms with Gasteiger partial charge in [-0.25, -0.2) is 0 Å². The standard InChI is InChI=1S/C27H33N5O2/c33-25(28-18-17-20-9-3-1-4-10-20)16-15-24-29-30-27-31(19-21-11-5-2-6-12-21)26(34)22-13-7-8-14-23(22)32(24)27/h1-6,9-12,22-23,27,30H,7-8,13-19H2,(H,28,33). The molecule has 2 amide bonds. The Morgan fingerprint density at radius 2 is 1.68 bits per heavy atom. The smallest absolute Gasteiger partial charge is 0.231 e. The topological polar surface area (TPSA) is 77.0 Å². The Kier molecular flexibility index (Phi) is 6.79. The number of hydrazone groups is 1. The first-order chi connectivity index (χ1) is 16.7. The molecule has 3 atom stereocenters. The largest absolute Gasteiger partial charge is 0.356 e. The predicted molar refractivity (Wildman–Crippen MR) is 131 cm³/mol. The molecule has 0 radical (unpaired) electrons. The second-order valence-electron chi connectivity index (χ2n) is 9.43. The minimum Gasteiger partial charge on any atom is -0.356 e. The van der Waals surface area contributed by atoms with Gasteiger partial charge in [-0.2, -0.15) is 5.10 Å². The van der Waals surface area contributed by atoms with Crippen molar-refractivity contribution in [3.8, 4) is 0 Å². The number of nitrogens with one attached hydrogen (secondary N) is 2. The molecule has 7 nitrogen and oxygen atoms in total. The maximum absolute atomic E-state index is 13.5. The number of nitrogens with zero attached hydrogens (tertiary/aromatic N) is 3. The first kappa shape index (κ1) is 22.4. The van der Waals surface area contributed by atoms with Crippen LogP contribution in [0.1, 0.15) is 49.7 Å². The lowest BCUT2D eigenvalue weighted by molar-refractivity contribution is -0.156. The van der Waals surface area contributed by atoms with E-state index < -0.39 is 0 Å². The van der Waals surface area contributed by atoms with Gasteiger partial charge < -0.3 is 10.2 Å². The van der Waals surface area contributed by atoms with E-state index in [0.29, 0.717) is 25.9 Å². The van der Waals surface area contributed by atoms with Gasteiger partial charge in [-0.3, -0.25) is 19.9 Å². The summed E-state index contributed by atoms with van der Waals surface area (Å²) in [4.78, 5) is 30.2. The van der Waals surface area contributed by atoms with Gasteiger partial charge in [0.2, 0.25) is 11.8 Å². The fourth-order valence-electron chi connectivity index (χ4n) is 5.49. The van der Waals surface area contributed by atoms with Crippen LogP contribution in [0.2, 0.25) is 0 Å². The number of carbonyl (C=O) groups is 2. The normalized spacial score (nSPS) is 23.6. The van der Waals surface area contributed by atoms with Gasteiger partial charge in [0, 0.05) is 32.0 Å². The predicted octanol–water partition coefficient (Wildman–Crippen LogP) is 3.23. The van der Waals surface area contributed by atoms with E-state index in [9.17, 15) is 9.59 Å². The third kappa shape index (κ3) is 4.79. The number of amides is 2. The van der Waals surface area contributed by atoms with Crippen LogP contribution in [0.15, 0.2) is 65.8 Å². The van der Waals surface area contributed by atoms with Crippen molar-refractivity contribution in [3.05, 3.63) is 71.8 Å². The van der Waals surface area contributed by atoms with Crippen molar-refractivity contribution in [2.75, 3.05) is 6.54 Å². The second-order valence-corrected chi connectivity index (χ2v) is 9.43. The van der Waals surface area contributed by atoms with Crippen LogP contribution < -0.4 is 10.7 Å². The summed E-state index contributed by atoms with van der Waals surface area (Å²) in [5.41, 5.74) is 5.54. The second kappa shape index (κ2) is 10.3. The number of fused-ring (bicyclic) bond motifs is 3. The van der Waals surface area contributed by atoms with E-state index in [1.165, 1.54) is 5.56 Å². The van der Waals surface area contributed by atoms with Gasteiger partial charge in [0.1, 0.15) is 5.84 Å². The number of carbonyl (C=O) groups excluding carboxylic acids is 2. The zero-order valence-corrected chi connectivity index (χ0v) is 19.5. The SMILES string of the molecule is O=C(CCC1=NNC2N(Cc3ccccc3)C(=O)C3CCCCC3N12)NCCc1ccccc1. The molecular formula is C27H33N5O2. The van der Waals surface area contributed by atoms with Crippen LogP contribution in [-0.2, 0) is 22.6 Å². The Bertz CT molecular complexity index is 1030. The van der Waals surface area contributed by atoms with Crippen LogP contribution in [0.4, 0.5) is 0 Å². The van der Waals surface area contributed by atoms with E-state index in [0.717, 1.165) is 43.5 Å². The fraction of sp³-hybridized carbons (Fsp3) is 0.444. The third-order valence-electron chi connectivity index (χ3n) is 7.20. The number of benzene rings is 2. The van der Waals surface area contributed by atoms with E-state index >= 15 is 0 Å². The average Bonchev–Trinajstić information content (AvgIpc) is 3.31. The highest BCUT2D eigenvalue weighted by molar-refractivity contribution is 5.91. The van der Waals surface area contributed by atoms with Crippen molar-refractivity contribution >= 4 is 17.6 Å². The summed E-state index contributed by atoms with van der Waals surface area (Å²) in [5, 5.41) is 7.65. The molecule has 3 aliphatic rings. The van der Waals surface area contributed by atoms with Gasteiger partial charge in [-0.1, -0.05) is 73.5 Å². The van der Waals surface area contributed by atoms with E-state index in [4.69, 9.17) is 0 Å². The number of amidine groups is 1. The van der Waals surface area contributed by atoms with Crippen LogP contribution >= 0.6 is 0 Å². The van der Waals surface area contributed by atoms with Crippen LogP contribution in [0.5, 0.6) is 0 Å². The summed E-state index contributed by atoms with van der Waals surface area (Å²) in [7, 11) is 0. The molecule has 7 heteroatoms. The summed E-state index contributed by atoms with van der Waals surface area (Å²) >= 11 is 0. The molecule has 2 N–H and O–H groups in total. The quantitative estimate of drug-likeness (QED) is 0.636. The van der Waals surface area contributed by atoms with Gasteiger partial charge in [0.25, 0.3) is 0 Å². The summed E-state index contributed by atoms with van der Waals surface area (Å²) in [6, 6.07) is 20.5. The highest BCUT2D eigenvalue weighted by Crippen LogP contribution is 2.38. The first-order valence-electron chi connectivity index (χ1n) is 12.5. The molecule has 1 saturated carbocycles. The Hall–Kier alpha value is -3.35. The van der Waals surface area contributed by atoms with Crippen molar-refractivity contribution in [1.29, 1.82) is 0 Å². The Balaban J connectivity index is 1.22.